The number of nitrogens with zero attached hydrogens (tertiary/aromatic N) is 2. The van der Waals surface area contributed by atoms with Gasteiger partial charge in [0.2, 0.25) is 0 Å². The van der Waals surface area contributed by atoms with Gasteiger partial charge in [-0.15, -0.1) is 0 Å². The van der Waals surface area contributed by atoms with Gasteiger partial charge in [-0.05, 0) is 19.9 Å². The smallest absolute Gasteiger partial charge is 0.101 e. The van der Waals surface area contributed by atoms with Gasteiger partial charge >= 0.3 is 0 Å². The topological polar surface area (TPSA) is 62.7 Å². The number of pyridine rings is 1. The SMILES string of the molecule is CC(C)(N)C#Cc1cncc(C#N)c1. The highest BCUT2D eigenvalue weighted by molar-refractivity contribution is 5.39. The summed E-state index contributed by atoms with van der Waals surface area (Å²) >= 11 is 0. The van der Waals surface area contributed by atoms with E-state index in [1.807, 2.05) is 19.9 Å². The minimum Gasteiger partial charge on any atom is -0.316 e. The van der Waals surface area contributed by atoms with Crippen molar-refractivity contribution in [1.82, 2.24) is 4.98 Å². The molecule has 0 aliphatic carbocycles. The number of hydrogen-bond donors (Lipinski definition) is 1. The Morgan fingerprint density at radius 2 is 2.00 bits per heavy atom. The molecule has 1 heterocycles. The normalized spacial score (nSPS) is 9.86. The number of nitrogens with two attached hydrogens (primary N) is 1. The standard InChI is InChI=1S/C11H11N3/c1-11(2,13)4-3-9-5-10(6-12)8-14-7-9/h5,7-8H,13H2,1-2H3. The highest BCUT2D eigenvalue weighted by Crippen LogP contribution is 2.00. The first-order valence-corrected chi connectivity index (χ1v) is 4.18. The van der Waals surface area contributed by atoms with Crippen LogP contribution in [-0.2, 0) is 0 Å². The molecule has 1 aromatic heterocycles. The Balaban J connectivity index is 2.98. The van der Waals surface area contributed by atoms with Gasteiger partial charge in [-0.25, -0.2) is 0 Å². The van der Waals surface area contributed by atoms with E-state index in [2.05, 4.69) is 16.8 Å². The van der Waals surface area contributed by atoms with E-state index in [-0.39, 0.29) is 0 Å². The van der Waals surface area contributed by atoms with E-state index in [4.69, 9.17) is 11.0 Å². The fraction of sp³-hybridized carbons (Fsp3) is 0.273. The lowest BCUT2D eigenvalue weighted by Gasteiger charge is -2.07. The Morgan fingerprint density at radius 1 is 1.36 bits per heavy atom. The van der Waals surface area contributed by atoms with Crippen molar-refractivity contribution in [3.63, 3.8) is 0 Å². The predicted molar refractivity (Wildman–Crippen MR) is 54.1 cm³/mol. The van der Waals surface area contributed by atoms with Crippen molar-refractivity contribution in [1.29, 1.82) is 5.26 Å². The van der Waals surface area contributed by atoms with E-state index < -0.39 is 5.54 Å². The molecular weight excluding hydrogens is 174 g/mol. The molecule has 0 aliphatic rings. The zero-order valence-electron chi connectivity index (χ0n) is 8.20. The summed E-state index contributed by atoms with van der Waals surface area (Å²) in [6.45, 7) is 3.64. The van der Waals surface area contributed by atoms with Gasteiger partial charge in [-0.1, -0.05) is 11.8 Å². The Bertz CT molecular complexity index is 424. The van der Waals surface area contributed by atoms with Gasteiger partial charge in [-0.2, -0.15) is 5.26 Å². The highest BCUT2D eigenvalue weighted by Gasteiger charge is 2.03. The largest absolute Gasteiger partial charge is 0.316 e. The molecule has 3 heteroatoms. The molecule has 0 radical (unpaired) electrons. The van der Waals surface area contributed by atoms with Gasteiger partial charge in [0.05, 0.1) is 11.1 Å². The summed E-state index contributed by atoms with van der Waals surface area (Å²) in [6, 6.07) is 3.69. The molecule has 0 aromatic carbocycles. The molecule has 1 rings (SSSR count). The predicted octanol–water partition coefficient (Wildman–Crippen LogP) is 1.04. The first-order valence-electron chi connectivity index (χ1n) is 4.18. The zero-order chi connectivity index (χ0) is 10.6. The fourth-order valence-corrected chi connectivity index (χ4v) is 0.803. The molecule has 70 valence electrons. The molecule has 0 spiro atoms. The number of aromatic nitrogens is 1. The second kappa shape index (κ2) is 3.91. The van der Waals surface area contributed by atoms with Gasteiger partial charge in [0.1, 0.15) is 6.07 Å². The summed E-state index contributed by atoms with van der Waals surface area (Å²) in [5.41, 5.74) is 6.39. The van der Waals surface area contributed by atoms with Gasteiger partial charge in [0.15, 0.2) is 0 Å². The molecule has 0 unspecified atom stereocenters. The first kappa shape index (κ1) is 10.2. The fourth-order valence-electron chi connectivity index (χ4n) is 0.803. The Kier molecular flexibility index (Phi) is 2.86. The summed E-state index contributed by atoms with van der Waals surface area (Å²) in [5, 5.41) is 8.63. The Hall–Kier alpha value is -1.84. The number of rotatable bonds is 0. The average Bonchev–Trinajstić information content (AvgIpc) is 2.14. The molecule has 0 saturated heterocycles. The van der Waals surface area contributed by atoms with Crippen LogP contribution in [0.25, 0.3) is 0 Å². The Labute approximate surface area is 83.6 Å². The number of nitriles is 1. The zero-order valence-corrected chi connectivity index (χ0v) is 8.20. The maximum absolute atomic E-state index is 8.63. The van der Waals surface area contributed by atoms with Crippen molar-refractivity contribution in [2.45, 2.75) is 19.4 Å². The third-order valence-electron chi connectivity index (χ3n) is 1.40. The monoisotopic (exact) mass is 185 g/mol. The maximum Gasteiger partial charge on any atom is 0.101 e. The average molecular weight is 185 g/mol. The van der Waals surface area contributed by atoms with Gasteiger partial charge in [-0.3, -0.25) is 4.98 Å². The van der Waals surface area contributed by atoms with Crippen molar-refractivity contribution in [3.8, 4) is 17.9 Å². The van der Waals surface area contributed by atoms with Gasteiger partial charge in [0, 0.05) is 18.0 Å². The molecule has 1 aromatic rings. The highest BCUT2D eigenvalue weighted by atomic mass is 14.7. The van der Waals surface area contributed by atoms with Gasteiger partial charge < -0.3 is 5.73 Å². The quantitative estimate of drug-likeness (QED) is 0.614. The molecular formula is C11H11N3. The Morgan fingerprint density at radius 3 is 2.57 bits per heavy atom. The van der Waals surface area contributed by atoms with Crippen LogP contribution >= 0.6 is 0 Å². The summed E-state index contributed by atoms with van der Waals surface area (Å²) in [6.07, 6.45) is 3.11. The molecule has 0 fully saturated rings. The van der Waals surface area contributed by atoms with Crippen LogP contribution in [0.5, 0.6) is 0 Å². The van der Waals surface area contributed by atoms with E-state index in [0.717, 1.165) is 0 Å². The van der Waals surface area contributed by atoms with Crippen LogP contribution in [0.15, 0.2) is 18.5 Å². The van der Waals surface area contributed by atoms with Crippen molar-refractivity contribution >= 4 is 0 Å². The van der Waals surface area contributed by atoms with E-state index in [1.54, 1.807) is 12.3 Å². The van der Waals surface area contributed by atoms with Crippen LogP contribution in [0.3, 0.4) is 0 Å². The van der Waals surface area contributed by atoms with Crippen LogP contribution < -0.4 is 5.73 Å². The molecule has 0 atom stereocenters. The number of hydrogen-bond acceptors (Lipinski definition) is 3. The minimum absolute atomic E-state index is 0.506. The third kappa shape index (κ3) is 3.26. The molecule has 2 N–H and O–H groups in total. The van der Waals surface area contributed by atoms with E-state index in [1.165, 1.54) is 6.20 Å². The summed E-state index contributed by atoms with van der Waals surface area (Å²) in [5.74, 6) is 5.74. The third-order valence-corrected chi connectivity index (χ3v) is 1.40. The lowest BCUT2D eigenvalue weighted by molar-refractivity contribution is 0.680. The van der Waals surface area contributed by atoms with E-state index in [0.29, 0.717) is 11.1 Å². The molecule has 0 amide bonds. The maximum atomic E-state index is 8.63. The van der Waals surface area contributed by atoms with Crippen LogP contribution in [-0.4, -0.2) is 10.5 Å². The lowest BCUT2D eigenvalue weighted by Crippen LogP contribution is -2.29. The van der Waals surface area contributed by atoms with Crippen LogP contribution in [0.1, 0.15) is 25.0 Å². The summed E-state index contributed by atoms with van der Waals surface area (Å²) < 4.78 is 0. The summed E-state index contributed by atoms with van der Waals surface area (Å²) in [7, 11) is 0. The molecule has 0 saturated carbocycles. The molecule has 0 aliphatic heterocycles. The van der Waals surface area contributed by atoms with Crippen LogP contribution in [0.2, 0.25) is 0 Å². The van der Waals surface area contributed by atoms with Crippen LogP contribution in [0.4, 0.5) is 0 Å². The van der Waals surface area contributed by atoms with Crippen molar-refractivity contribution in [2.24, 2.45) is 5.73 Å². The van der Waals surface area contributed by atoms with Crippen molar-refractivity contribution < 1.29 is 0 Å². The van der Waals surface area contributed by atoms with Crippen molar-refractivity contribution in [3.05, 3.63) is 29.6 Å². The van der Waals surface area contributed by atoms with E-state index >= 15 is 0 Å². The second-order valence-corrected chi connectivity index (χ2v) is 3.55. The summed E-state index contributed by atoms with van der Waals surface area (Å²) in [4.78, 5) is 3.89. The van der Waals surface area contributed by atoms with E-state index in [9.17, 15) is 0 Å². The molecule has 14 heavy (non-hydrogen) atoms. The second-order valence-electron chi connectivity index (χ2n) is 3.55. The van der Waals surface area contributed by atoms with Crippen molar-refractivity contribution in [2.75, 3.05) is 0 Å². The lowest BCUT2D eigenvalue weighted by atomic mass is 10.1. The first-order chi connectivity index (χ1) is 6.51. The molecule has 0 bridgehead atoms. The van der Waals surface area contributed by atoms with Crippen LogP contribution in [0, 0.1) is 23.2 Å². The molecule has 3 nitrogen and oxygen atoms in total. The van der Waals surface area contributed by atoms with Gasteiger partial charge in [0.25, 0.3) is 0 Å². The minimum atomic E-state index is -0.525.